The molecule has 0 bridgehead atoms. The van der Waals surface area contributed by atoms with Crippen LogP contribution in [0.4, 0.5) is 0 Å². The highest BCUT2D eigenvalue weighted by atomic mass is 16.3. The first-order valence-electron chi connectivity index (χ1n) is 7.29. The molecule has 2 rings (SSSR count). The number of amides is 1. The molecular weight excluding hydrogens is 228 g/mol. The van der Waals surface area contributed by atoms with E-state index in [-0.39, 0.29) is 30.5 Å². The van der Waals surface area contributed by atoms with Crippen LogP contribution in [0.5, 0.6) is 0 Å². The van der Waals surface area contributed by atoms with Crippen molar-refractivity contribution in [1.82, 2.24) is 10.6 Å². The molecule has 0 radical (unpaired) electrons. The Bertz CT molecular complexity index is 280. The number of fused-ring (bicyclic) bond motifs is 1. The molecule has 2 fully saturated rings. The summed E-state index contributed by atoms with van der Waals surface area (Å²) in [5, 5.41) is 15.7. The molecule has 1 aliphatic heterocycles. The fourth-order valence-electron chi connectivity index (χ4n) is 3.23. The fourth-order valence-corrected chi connectivity index (χ4v) is 3.23. The van der Waals surface area contributed by atoms with Gasteiger partial charge in [-0.2, -0.15) is 0 Å². The largest absolute Gasteiger partial charge is 0.394 e. The van der Waals surface area contributed by atoms with Gasteiger partial charge in [-0.05, 0) is 31.1 Å². The monoisotopic (exact) mass is 254 g/mol. The summed E-state index contributed by atoms with van der Waals surface area (Å²) in [4.78, 5) is 12.2. The Balaban J connectivity index is 1.86. The van der Waals surface area contributed by atoms with Crippen molar-refractivity contribution in [2.75, 3.05) is 6.61 Å². The van der Waals surface area contributed by atoms with E-state index in [1.807, 2.05) is 13.8 Å². The number of hydrogen-bond acceptors (Lipinski definition) is 3. The maximum Gasteiger partial charge on any atom is 0.237 e. The third-order valence-electron chi connectivity index (χ3n) is 4.51. The predicted octanol–water partition coefficient (Wildman–Crippen LogP) is 1.04. The van der Waals surface area contributed by atoms with Gasteiger partial charge in [-0.25, -0.2) is 0 Å². The molecule has 2 aliphatic rings. The van der Waals surface area contributed by atoms with Gasteiger partial charge in [0.05, 0.1) is 18.7 Å². The van der Waals surface area contributed by atoms with Crippen LogP contribution in [0.3, 0.4) is 0 Å². The molecular formula is C14H26N2O2. The Labute approximate surface area is 110 Å². The van der Waals surface area contributed by atoms with Gasteiger partial charge in [0.2, 0.25) is 5.91 Å². The number of hydrogen-bond donors (Lipinski definition) is 3. The van der Waals surface area contributed by atoms with Gasteiger partial charge >= 0.3 is 0 Å². The highest BCUT2D eigenvalue weighted by Gasteiger charge is 2.38. The first kappa shape index (κ1) is 13.8. The highest BCUT2D eigenvalue weighted by Crippen LogP contribution is 2.33. The average Bonchev–Trinajstić information content (AvgIpc) is 2.79. The minimum atomic E-state index is -0.123. The smallest absolute Gasteiger partial charge is 0.237 e. The Morgan fingerprint density at radius 3 is 2.72 bits per heavy atom. The number of rotatable bonds is 4. The lowest BCUT2D eigenvalue weighted by atomic mass is 9.85. The molecule has 104 valence electrons. The second kappa shape index (κ2) is 6.02. The minimum absolute atomic E-state index is 0.0168. The Morgan fingerprint density at radius 2 is 2.11 bits per heavy atom. The number of carbonyl (C=O) groups excluding carboxylic acids is 1. The lowest BCUT2D eigenvalue weighted by molar-refractivity contribution is -0.124. The maximum atomic E-state index is 12.2. The first-order valence-corrected chi connectivity index (χ1v) is 7.29. The quantitative estimate of drug-likeness (QED) is 0.702. The van der Waals surface area contributed by atoms with Crippen molar-refractivity contribution in [2.45, 2.75) is 64.1 Å². The van der Waals surface area contributed by atoms with Crippen molar-refractivity contribution < 1.29 is 9.90 Å². The Morgan fingerprint density at radius 1 is 1.39 bits per heavy atom. The summed E-state index contributed by atoms with van der Waals surface area (Å²) in [7, 11) is 0. The molecule has 3 unspecified atom stereocenters. The molecule has 1 amide bonds. The van der Waals surface area contributed by atoms with Crippen LogP contribution in [-0.2, 0) is 4.79 Å². The number of aliphatic hydroxyl groups excluding tert-OH is 1. The summed E-state index contributed by atoms with van der Waals surface area (Å²) in [6.45, 7) is 4.05. The molecule has 3 N–H and O–H groups in total. The second-order valence-corrected chi connectivity index (χ2v) is 6.15. The topological polar surface area (TPSA) is 61.4 Å². The average molecular weight is 254 g/mol. The third-order valence-corrected chi connectivity index (χ3v) is 4.51. The highest BCUT2D eigenvalue weighted by molar-refractivity contribution is 5.82. The van der Waals surface area contributed by atoms with E-state index in [1.54, 1.807) is 0 Å². The lowest BCUT2D eigenvalue weighted by Gasteiger charge is -2.24. The molecule has 0 aromatic heterocycles. The summed E-state index contributed by atoms with van der Waals surface area (Å²) >= 11 is 0. The van der Waals surface area contributed by atoms with Crippen molar-refractivity contribution in [2.24, 2.45) is 11.8 Å². The third kappa shape index (κ3) is 3.04. The Kier molecular flexibility index (Phi) is 4.62. The predicted molar refractivity (Wildman–Crippen MR) is 71.1 cm³/mol. The molecule has 1 saturated heterocycles. The first-order chi connectivity index (χ1) is 8.61. The molecule has 0 aromatic rings. The zero-order valence-corrected chi connectivity index (χ0v) is 11.5. The van der Waals surface area contributed by atoms with Gasteiger partial charge in [-0.3, -0.25) is 4.79 Å². The van der Waals surface area contributed by atoms with Crippen LogP contribution in [0.15, 0.2) is 0 Å². The normalized spacial score (nSPS) is 33.2. The standard InChI is InChI=1S/C14H26N2O2/c1-9(2)13(8-17)16-14(18)12-7-10-5-3-4-6-11(10)15-12/h9-13,15,17H,3-8H2,1-2H3,(H,16,18)/t10?,11?,12?,13-/m1/s1. The number of carbonyl (C=O) groups is 1. The zero-order valence-electron chi connectivity index (χ0n) is 11.5. The van der Waals surface area contributed by atoms with Crippen molar-refractivity contribution in [1.29, 1.82) is 0 Å². The molecule has 1 aliphatic carbocycles. The van der Waals surface area contributed by atoms with E-state index in [4.69, 9.17) is 0 Å². The van der Waals surface area contributed by atoms with E-state index in [0.29, 0.717) is 12.0 Å². The maximum absolute atomic E-state index is 12.2. The fraction of sp³-hybridized carbons (Fsp3) is 0.929. The number of nitrogens with one attached hydrogen (secondary N) is 2. The second-order valence-electron chi connectivity index (χ2n) is 6.15. The van der Waals surface area contributed by atoms with E-state index < -0.39 is 0 Å². The summed E-state index contributed by atoms with van der Waals surface area (Å²) < 4.78 is 0. The van der Waals surface area contributed by atoms with Crippen molar-refractivity contribution in [3.05, 3.63) is 0 Å². The molecule has 0 spiro atoms. The van der Waals surface area contributed by atoms with E-state index >= 15 is 0 Å². The van der Waals surface area contributed by atoms with Crippen LogP contribution < -0.4 is 10.6 Å². The Hall–Kier alpha value is -0.610. The molecule has 18 heavy (non-hydrogen) atoms. The molecule has 1 saturated carbocycles. The van der Waals surface area contributed by atoms with Crippen LogP contribution in [0.25, 0.3) is 0 Å². The SMILES string of the molecule is CC(C)[C@@H](CO)NC(=O)C1CC2CCCCC2N1. The van der Waals surface area contributed by atoms with Gasteiger partial charge in [0.15, 0.2) is 0 Å². The van der Waals surface area contributed by atoms with Gasteiger partial charge in [-0.1, -0.05) is 26.7 Å². The van der Waals surface area contributed by atoms with Crippen LogP contribution in [0.2, 0.25) is 0 Å². The van der Waals surface area contributed by atoms with Crippen molar-refractivity contribution in [3.8, 4) is 0 Å². The van der Waals surface area contributed by atoms with E-state index in [2.05, 4.69) is 10.6 Å². The van der Waals surface area contributed by atoms with Crippen LogP contribution in [0, 0.1) is 11.8 Å². The van der Waals surface area contributed by atoms with Crippen LogP contribution in [-0.4, -0.2) is 35.7 Å². The van der Waals surface area contributed by atoms with E-state index in [0.717, 1.165) is 6.42 Å². The van der Waals surface area contributed by atoms with Gasteiger partial charge < -0.3 is 15.7 Å². The summed E-state index contributed by atoms with van der Waals surface area (Å²) in [6, 6.07) is 0.369. The zero-order chi connectivity index (χ0) is 13.1. The molecule has 4 atom stereocenters. The van der Waals surface area contributed by atoms with Crippen molar-refractivity contribution in [3.63, 3.8) is 0 Å². The minimum Gasteiger partial charge on any atom is -0.394 e. The summed E-state index contributed by atoms with van der Waals surface area (Å²) in [5.41, 5.74) is 0. The van der Waals surface area contributed by atoms with Gasteiger partial charge in [-0.15, -0.1) is 0 Å². The van der Waals surface area contributed by atoms with Gasteiger partial charge in [0, 0.05) is 6.04 Å². The molecule has 0 aromatic carbocycles. The molecule has 4 nitrogen and oxygen atoms in total. The summed E-state index contributed by atoms with van der Waals surface area (Å²) in [6.07, 6.45) is 6.03. The van der Waals surface area contributed by atoms with E-state index in [9.17, 15) is 9.90 Å². The van der Waals surface area contributed by atoms with E-state index in [1.165, 1.54) is 25.7 Å². The lowest BCUT2D eigenvalue weighted by Crippen LogP contribution is -2.49. The van der Waals surface area contributed by atoms with Gasteiger partial charge in [0.25, 0.3) is 0 Å². The van der Waals surface area contributed by atoms with Crippen molar-refractivity contribution >= 4 is 5.91 Å². The number of aliphatic hydroxyl groups is 1. The molecule has 1 heterocycles. The summed E-state index contributed by atoms with van der Waals surface area (Å²) in [5.74, 6) is 1.01. The molecule has 4 heteroatoms. The van der Waals surface area contributed by atoms with Gasteiger partial charge in [0.1, 0.15) is 0 Å². The van der Waals surface area contributed by atoms with Crippen LogP contribution >= 0.6 is 0 Å². The van der Waals surface area contributed by atoms with Crippen LogP contribution in [0.1, 0.15) is 46.0 Å².